The Bertz CT molecular complexity index is 610. The summed E-state index contributed by atoms with van der Waals surface area (Å²) >= 11 is 0. The summed E-state index contributed by atoms with van der Waals surface area (Å²) in [5.74, 6) is 0.434. The number of nitrogens with two attached hydrogens (primary N) is 1. The largest absolute Gasteiger partial charge is 0.368 e. The highest BCUT2D eigenvalue weighted by atomic mass is 15.3. The molecule has 3 rings (SSSR count). The molecule has 0 aliphatic rings. The summed E-state index contributed by atoms with van der Waals surface area (Å²) in [4.78, 5) is 11.2. The number of H-pyrrole nitrogens is 2. The number of nitrogen functional groups attached to an aromatic ring is 1. The smallest absolute Gasteiger partial charge is 0.293 e. The van der Waals surface area contributed by atoms with Crippen molar-refractivity contribution in [3.8, 4) is 0 Å². The van der Waals surface area contributed by atoms with Crippen LogP contribution in [0, 0.1) is 0 Å². The van der Waals surface area contributed by atoms with Gasteiger partial charge in [-0.3, -0.25) is 0 Å². The number of hydrogen-bond acceptors (Lipinski definition) is 5. The molecule has 3 aromatic heterocycles. The molecule has 0 spiro atoms. The quantitative estimate of drug-likeness (QED) is 0.476. The molecule has 0 bridgehead atoms. The molecular weight excluding hydrogens is 208 g/mol. The number of rotatable bonds is 2. The van der Waals surface area contributed by atoms with E-state index in [-0.39, 0.29) is 0 Å². The zero-order valence-corrected chi connectivity index (χ0v) is 8.25. The van der Waals surface area contributed by atoms with E-state index < -0.39 is 0 Å². The second-order valence-electron chi connectivity index (χ2n) is 3.32. The number of fused-ring (bicyclic) bond motifs is 1. The van der Waals surface area contributed by atoms with E-state index in [0.29, 0.717) is 12.4 Å². The molecule has 0 unspecified atom stereocenters. The van der Waals surface area contributed by atoms with Crippen molar-refractivity contribution in [1.29, 1.82) is 0 Å². The van der Waals surface area contributed by atoms with Crippen LogP contribution < -0.4 is 10.3 Å². The monoisotopic (exact) mass is 217 g/mol. The Morgan fingerprint density at radius 1 is 1.38 bits per heavy atom. The Kier molecular flexibility index (Phi) is 1.79. The minimum atomic E-state index is 0.434. The molecule has 4 N–H and O–H groups in total. The van der Waals surface area contributed by atoms with E-state index in [0.717, 1.165) is 16.9 Å². The molecule has 0 aromatic carbocycles. The second-order valence-corrected chi connectivity index (χ2v) is 3.32. The van der Waals surface area contributed by atoms with Crippen LogP contribution in [-0.2, 0) is 6.54 Å². The van der Waals surface area contributed by atoms with Crippen molar-refractivity contribution < 1.29 is 4.57 Å². The molecule has 0 saturated carbocycles. The molecule has 16 heavy (non-hydrogen) atoms. The van der Waals surface area contributed by atoms with Gasteiger partial charge in [-0.25, -0.2) is 4.57 Å². The van der Waals surface area contributed by atoms with Gasteiger partial charge in [0, 0.05) is 0 Å². The zero-order valence-electron chi connectivity index (χ0n) is 8.25. The molecule has 0 fully saturated rings. The van der Waals surface area contributed by atoms with Crippen LogP contribution in [-0.4, -0.2) is 30.4 Å². The summed E-state index contributed by atoms with van der Waals surface area (Å²) in [5, 5.41) is 10.3. The highest BCUT2D eigenvalue weighted by molar-refractivity contribution is 5.78. The lowest BCUT2D eigenvalue weighted by Gasteiger charge is -1.97. The van der Waals surface area contributed by atoms with Gasteiger partial charge < -0.3 is 10.7 Å². The van der Waals surface area contributed by atoms with Gasteiger partial charge >= 0.3 is 0 Å². The summed E-state index contributed by atoms with van der Waals surface area (Å²) in [5.41, 5.74) is 7.99. The molecule has 0 aliphatic carbocycles. The fraction of sp³-hybridized carbons (Fsp3) is 0.125. The molecule has 8 nitrogen and oxygen atoms in total. The predicted octanol–water partition coefficient (Wildman–Crippen LogP) is -1.01. The molecular formula is C8H9N8+. The SMILES string of the molecule is Nc1nc[n+](Cc2cn[nH]n2)c2nc[nH]c12. The van der Waals surface area contributed by atoms with E-state index >= 15 is 0 Å². The van der Waals surface area contributed by atoms with E-state index in [9.17, 15) is 0 Å². The van der Waals surface area contributed by atoms with Crippen molar-refractivity contribution in [2.75, 3.05) is 5.73 Å². The number of aromatic amines is 2. The average Bonchev–Trinajstić information content (AvgIpc) is 2.92. The summed E-state index contributed by atoms with van der Waals surface area (Å²) in [6, 6.07) is 0. The fourth-order valence-electron chi connectivity index (χ4n) is 1.54. The lowest BCUT2D eigenvalue weighted by Crippen LogP contribution is -2.36. The van der Waals surface area contributed by atoms with Gasteiger partial charge in [-0.1, -0.05) is 9.97 Å². The van der Waals surface area contributed by atoms with Crippen LogP contribution in [0.25, 0.3) is 11.2 Å². The van der Waals surface area contributed by atoms with Gasteiger partial charge in [0.05, 0.1) is 6.20 Å². The van der Waals surface area contributed by atoms with Gasteiger partial charge in [-0.2, -0.15) is 15.4 Å². The van der Waals surface area contributed by atoms with Crippen molar-refractivity contribution in [3.63, 3.8) is 0 Å². The summed E-state index contributed by atoms with van der Waals surface area (Å²) in [7, 11) is 0. The van der Waals surface area contributed by atoms with Crippen molar-refractivity contribution >= 4 is 17.0 Å². The first-order valence-electron chi connectivity index (χ1n) is 4.66. The third-order valence-electron chi connectivity index (χ3n) is 2.28. The normalized spacial score (nSPS) is 11.0. The minimum absolute atomic E-state index is 0.434. The van der Waals surface area contributed by atoms with Gasteiger partial charge in [0.2, 0.25) is 12.1 Å². The van der Waals surface area contributed by atoms with Crippen molar-refractivity contribution in [3.05, 3.63) is 24.5 Å². The molecule has 80 valence electrons. The lowest BCUT2D eigenvalue weighted by molar-refractivity contribution is -0.667. The maximum Gasteiger partial charge on any atom is 0.293 e. The first-order chi connectivity index (χ1) is 7.84. The third-order valence-corrected chi connectivity index (χ3v) is 2.28. The number of nitrogens with one attached hydrogen (secondary N) is 2. The van der Waals surface area contributed by atoms with Crippen molar-refractivity contribution in [2.45, 2.75) is 6.54 Å². The van der Waals surface area contributed by atoms with Crippen LogP contribution in [0.1, 0.15) is 5.69 Å². The van der Waals surface area contributed by atoms with Crippen LogP contribution in [0.15, 0.2) is 18.9 Å². The molecule has 8 heteroatoms. The lowest BCUT2D eigenvalue weighted by atomic mass is 10.4. The van der Waals surface area contributed by atoms with Crippen LogP contribution in [0.2, 0.25) is 0 Å². The predicted molar refractivity (Wildman–Crippen MR) is 54.0 cm³/mol. The Morgan fingerprint density at radius 3 is 3.12 bits per heavy atom. The van der Waals surface area contributed by atoms with Gasteiger partial charge in [-0.15, -0.1) is 0 Å². The van der Waals surface area contributed by atoms with Crippen molar-refractivity contribution in [1.82, 2.24) is 30.4 Å². The second kappa shape index (κ2) is 3.26. The van der Waals surface area contributed by atoms with Crippen LogP contribution in [0.3, 0.4) is 0 Å². The molecule has 0 saturated heterocycles. The maximum atomic E-state index is 5.71. The zero-order chi connectivity index (χ0) is 11.0. The molecule has 0 aliphatic heterocycles. The number of imidazole rings is 1. The topological polar surface area (TPSA) is 113 Å². The number of nitrogens with zero attached hydrogens (tertiary/aromatic N) is 5. The maximum absolute atomic E-state index is 5.71. The van der Waals surface area contributed by atoms with Crippen LogP contribution in [0.4, 0.5) is 5.82 Å². The average molecular weight is 217 g/mol. The minimum Gasteiger partial charge on any atom is -0.368 e. The third kappa shape index (κ3) is 1.28. The molecule has 3 heterocycles. The Labute approximate surface area is 89.5 Å². The van der Waals surface area contributed by atoms with E-state index in [1.54, 1.807) is 18.9 Å². The van der Waals surface area contributed by atoms with E-state index in [2.05, 4.69) is 30.4 Å². The van der Waals surface area contributed by atoms with Gasteiger partial charge in [0.25, 0.3) is 5.65 Å². The molecule has 3 aromatic rings. The van der Waals surface area contributed by atoms with Gasteiger partial charge in [-0.05, 0) is 0 Å². The van der Waals surface area contributed by atoms with Gasteiger partial charge in [0.15, 0.2) is 11.8 Å². The molecule has 0 radical (unpaired) electrons. The first-order valence-corrected chi connectivity index (χ1v) is 4.66. The summed E-state index contributed by atoms with van der Waals surface area (Å²) < 4.78 is 1.85. The number of aromatic nitrogens is 7. The Hall–Kier alpha value is -2.51. The molecule has 0 atom stereocenters. The van der Waals surface area contributed by atoms with E-state index in [1.807, 2.05) is 4.57 Å². The molecule has 0 amide bonds. The van der Waals surface area contributed by atoms with E-state index in [1.165, 1.54) is 0 Å². The fourth-order valence-corrected chi connectivity index (χ4v) is 1.54. The van der Waals surface area contributed by atoms with Crippen LogP contribution >= 0.6 is 0 Å². The van der Waals surface area contributed by atoms with Gasteiger partial charge in [0.1, 0.15) is 12.2 Å². The number of anilines is 1. The highest BCUT2D eigenvalue weighted by Crippen LogP contribution is 2.09. The standard InChI is InChI=1S/C8H8N8/c9-7-6-8(11-3-10-6)16(4-12-7)2-5-1-13-15-14-5/h1,3-4H,2H2,(H3,9,10,11,13,14,15)/p+1. The van der Waals surface area contributed by atoms with Crippen molar-refractivity contribution in [2.24, 2.45) is 0 Å². The van der Waals surface area contributed by atoms with E-state index in [4.69, 9.17) is 5.73 Å². The van der Waals surface area contributed by atoms with Crippen LogP contribution in [0.5, 0.6) is 0 Å². The highest BCUT2D eigenvalue weighted by Gasteiger charge is 2.14. The Balaban J connectivity index is 2.10. The summed E-state index contributed by atoms with van der Waals surface area (Å²) in [6.07, 6.45) is 4.87. The summed E-state index contributed by atoms with van der Waals surface area (Å²) in [6.45, 7) is 0.547. The Morgan fingerprint density at radius 2 is 2.31 bits per heavy atom. The number of hydrogen-bond donors (Lipinski definition) is 3. The first kappa shape index (κ1) is 8.77.